The highest BCUT2D eigenvalue weighted by atomic mass is 19.4. The van der Waals surface area contributed by atoms with E-state index in [-0.39, 0.29) is 42.0 Å². The molecule has 25 heavy (non-hydrogen) atoms. The van der Waals surface area contributed by atoms with Crippen LogP contribution in [0.5, 0.6) is 0 Å². The Bertz CT molecular complexity index is 690. The molecule has 7 heteroatoms. The molecule has 4 nitrogen and oxygen atoms in total. The minimum Gasteiger partial charge on any atom is -0.443 e. The van der Waals surface area contributed by atoms with Crippen LogP contribution in [0, 0.1) is 0 Å². The minimum absolute atomic E-state index is 0.0266. The Kier molecular flexibility index (Phi) is 5.16. The van der Waals surface area contributed by atoms with Crippen LogP contribution in [0.4, 0.5) is 23.7 Å². The fraction of sp³-hybridized carbons (Fsp3) is 0.556. The molecule has 0 N–H and O–H groups in total. The third kappa shape index (κ3) is 4.32. The zero-order chi connectivity index (χ0) is 19.0. The first-order valence-corrected chi connectivity index (χ1v) is 8.22. The Hall–Kier alpha value is -2.05. The fourth-order valence-corrected chi connectivity index (χ4v) is 2.80. The first kappa shape index (κ1) is 19.3. The van der Waals surface area contributed by atoms with Gasteiger partial charge in [0.15, 0.2) is 5.78 Å². The molecular weight excluding hydrogens is 335 g/mol. The quantitative estimate of drug-likeness (QED) is 0.712. The molecule has 1 aromatic carbocycles. The minimum atomic E-state index is -4.56. The molecule has 1 amide bonds. The zero-order valence-corrected chi connectivity index (χ0v) is 14.8. The number of ketones is 1. The largest absolute Gasteiger partial charge is 0.443 e. The molecule has 1 aliphatic rings. The van der Waals surface area contributed by atoms with Gasteiger partial charge in [0, 0.05) is 18.5 Å². The molecule has 0 saturated heterocycles. The summed E-state index contributed by atoms with van der Waals surface area (Å²) in [5, 5.41) is 0. The lowest BCUT2D eigenvalue weighted by molar-refractivity contribution is -0.138. The van der Waals surface area contributed by atoms with Crippen LogP contribution in [0.1, 0.15) is 62.0 Å². The molecule has 1 aliphatic heterocycles. The van der Waals surface area contributed by atoms with E-state index in [1.807, 2.05) is 0 Å². The lowest BCUT2D eigenvalue weighted by Gasteiger charge is -2.28. The fourth-order valence-electron chi connectivity index (χ4n) is 2.80. The van der Waals surface area contributed by atoms with E-state index in [0.717, 1.165) is 11.0 Å². The highest BCUT2D eigenvalue weighted by molar-refractivity contribution is 6.06. The van der Waals surface area contributed by atoms with Crippen molar-refractivity contribution in [1.29, 1.82) is 0 Å². The van der Waals surface area contributed by atoms with Crippen molar-refractivity contribution in [3.05, 3.63) is 28.8 Å². The van der Waals surface area contributed by atoms with E-state index >= 15 is 0 Å². The van der Waals surface area contributed by atoms with Crippen LogP contribution in [0.25, 0.3) is 0 Å². The maximum Gasteiger partial charge on any atom is 0.416 e. The Morgan fingerprint density at radius 2 is 1.88 bits per heavy atom. The number of fused-ring (bicyclic) bond motifs is 1. The summed E-state index contributed by atoms with van der Waals surface area (Å²) in [5.41, 5.74) is -1.44. The maximum atomic E-state index is 13.4. The van der Waals surface area contributed by atoms with Crippen LogP contribution < -0.4 is 4.90 Å². The lowest BCUT2D eigenvalue weighted by Crippen LogP contribution is -2.37. The first-order chi connectivity index (χ1) is 11.4. The molecule has 0 atom stereocenters. The van der Waals surface area contributed by atoms with E-state index in [2.05, 4.69) is 0 Å². The number of rotatable bonds is 1. The number of ether oxygens (including phenoxy) is 1. The second-order valence-electron chi connectivity index (χ2n) is 7.04. The molecule has 1 heterocycles. The van der Waals surface area contributed by atoms with Gasteiger partial charge in [0.2, 0.25) is 0 Å². The SMILES string of the molecule is CCc1cc2c(cc1C(F)(F)F)N(C(=O)OC(C)(C)C)CCCC2=O. The Morgan fingerprint density at radius 1 is 1.24 bits per heavy atom. The number of hydrogen-bond acceptors (Lipinski definition) is 3. The van der Waals surface area contributed by atoms with Crippen molar-refractivity contribution >= 4 is 17.6 Å². The van der Waals surface area contributed by atoms with Gasteiger partial charge in [-0.05, 0) is 51.3 Å². The number of amides is 1. The van der Waals surface area contributed by atoms with Crippen molar-refractivity contribution < 1.29 is 27.5 Å². The van der Waals surface area contributed by atoms with Gasteiger partial charge in [-0.2, -0.15) is 13.2 Å². The number of aryl methyl sites for hydroxylation is 1. The molecule has 138 valence electrons. The van der Waals surface area contributed by atoms with E-state index in [1.54, 1.807) is 27.7 Å². The molecule has 0 fully saturated rings. The smallest absolute Gasteiger partial charge is 0.416 e. The average Bonchev–Trinajstić information content (AvgIpc) is 2.62. The number of hydrogen-bond donors (Lipinski definition) is 0. The molecule has 0 aromatic heterocycles. The normalized spacial score (nSPS) is 15.6. The van der Waals surface area contributed by atoms with Crippen LogP contribution in [0.2, 0.25) is 0 Å². The van der Waals surface area contributed by atoms with Crippen LogP contribution >= 0.6 is 0 Å². The highest BCUT2D eigenvalue weighted by Gasteiger charge is 2.37. The van der Waals surface area contributed by atoms with E-state index in [1.165, 1.54) is 6.07 Å². The zero-order valence-electron chi connectivity index (χ0n) is 14.8. The molecule has 0 saturated carbocycles. The van der Waals surface area contributed by atoms with Gasteiger partial charge in [-0.1, -0.05) is 6.92 Å². The second-order valence-corrected chi connectivity index (χ2v) is 7.04. The summed E-state index contributed by atoms with van der Waals surface area (Å²) in [7, 11) is 0. The summed E-state index contributed by atoms with van der Waals surface area (Å²) >= 11 is 0. The number of carbonyl (C=O) groups excluding carboxylic acids is 2. The van der Waals surface area contributed by atoms with Gasteiger partial charge < -0.3 is 4.74 Å². The molecule has 0 radical (unpaired) electrons. The standard InChI is InChI=1S/C18H22F3NO3/c1-5-11-9-12-14(10-13(11)18(19,20)21)22(8-6-7-15(12)23)16(24)25-17(2,3)4/h9-10H,5-8H2,1-4H3. The van der Waals surface area contributed by atoms with Crippen LogP contribution in [-0.2, 0) is 17.3 Å². The highest BCUT2D eigenvalue weighted by Crippen LogP contribution is 2.38. The summed E-state index contributed by atoms with van der Waals surface area (Å²) in [5.74, 6) is -0.260. The van der Waals surface area contributed by atoms with E-state index in [4.69, 9.17) is 4.74 Å². The van der Waals surface area contributed by atoms with Gasteiger partial charge in [0.05, 0.1) is 11.3 Å². The van der Waals surface area contributed by atoms with Gasteiger partial charge in [-0.15, -0.1) is 0 Å². The predicted octanol–water partition coefficient (Wildman–Crippen LogP) is 4.99. The van der Waals surface area contributed by atoms with Crippen LogP contribution in [-0.4, -0.2) is 24.0 Å². The third-order valence-electron chi connectivity index (χ3n) is 3.90. The summed E-state index contributed by atoms with van der Waals surface area (Å²) < 4.78 is 45.5. The van der Waals surface area contributed by atoms with Crippen molar-refractivity contribution in [1.82, 2.24) is 0 Å². The van der Waals surface area contributed by atoms with Crippen LogP contribution in [0.15, 0.2) is 12.1 Å². The Balaban J connectivity index is 2.60. The molecule has 2 rings (SSSR count). The average molecular weight is 357 g/mol. The topological polar surface area (TPSA) is 46.6 Å². The van der Waals surface area contributed by atoms with Gasteiger partial charge in [0.1, 0.15) is 5.60 Å². The lowest BCUT2D eigenvalue weighted by atomic mass is 9.96. The van der Waals surface area contributed by atoms with Crippen molar-refractivity contribution in [3.63, 3.8) is 0 Å². The number of alkyl halides is 3. The summed E-state index contributed by atoms with van der Waals surface area (Å²) in [6, 6.07) is 2.17. The number of anilines is 1. The summed E-state index contributed by atoms with van der Waals surface area (Å²) in [6.45, 7) is 6.77. The van der Waals surface area contributed by atoms with Gasteiger partial charge in [0.25, 0.3) is 0 Å². The van der Waals surface area contributed by atoms with E-state index < -0.39 is 23.4 Å². The number of Topliss-reactive ketones (excluding diaryl/α,β-unsaturated/α-hetero) is 1. The number of carbonyl (C=O) groups is 2. The molecule has 0 bridgehead atoms. The van der Waals surface area contributed by atoms with Crippen molar-refractivity contribution in [2.45, 2.75) is 58.7 Å². The number of nitrogens with zero attached hydrogens (tertiary/aromatic N) is 1. The van der Waals surface area contributed by atoms with Crippen LogP contribution in [0.3, 0.4) is 0 Å². The van der Waals surface area contributed by atoms with Gasteiger partial charge in [-0.3, -0.25) is 9.69 Å². The molecule has 0 aliphatic carbocycles. The summed E-state index contributed by atoms with van der Waals surface area (Å²) in [6.07, 6.45) is -4.62. The summed E-state index contributed by atoms with van der Waals surface area (Å²) in [4.78, 5) is 25.9. The number of benzene rings is 1. The first-order valence-electron chi connectivity index (χ1n) is 8.22. The maximum absolute atomic E-state index is 13.4. The Morgan fingerprint density at radius 3 is 2.40 bits per heavy atom. The van der Waals surface area contributed by atoms with Crippen molar-refractivity contribution in [3.8, 4) is 0 Å². The monoisotopic (exact) mass is 357 g/mol. The van der Waals surface area contributed by atoms with Crippen molar-refractivity contribution in [2.75, 3.05) is 11.4 Å². The Labute approximate surface area is 144 Å². The van der Waals surface area contributed by atoms with E-state index in [9.17, 15) is 22.8 Å². The molecule has 0 spiro atoms. The van der Waals surface area contributed by atoms with Gasteiger partial charge in [-0.25, -0.2) is 4.79 Å². The predicted molar refractivity (Wildman–Crippen MR) is 88.0 cm³/mol. The third-order valence-corrected chi connectivity index (χ3v) is 3.90. The van der Waals surface area contributed by atoms with E-state index in [0.29, 0.717) is 6.42 Å². The second kappa shape index (κ2) is 6.69. The molecular formula is C18H22F3NO3. The van der Waals surface area contributed by atoms with Gasteiger partial charge >= 0.3 is 12.3 Å². The van der Waals surface area contributed by atoms with Crippen molar-refractivity contribution in [2.24, 2.45) is 0 Å². The molecule has 0 unspecified atom stereocenters. The number of halogens is 3. The molecule has 1 aromatic rings.